The standard InChI is InChI=1S/C25H32O6/c1-13(2)5-8-16-22(28)17(9-6-14(3)4)25-21(23(16)29)24(30)18(12-31-25)15-7-10-19(26)20(27)11-15/h7,10-11,13-14,18,26-29H,5-6,8-9,12H2,1-4H3. The van der Waals surface area contributed by atoms with Gasteiger partial charge in [-0.1, -0.05) is 33.8 Å². The predicted octanol–water partition coefficient (Wildman–Crippen LogP) is 5.05. The van der Waals surface area contributed by atoms with Crippen LogP contribution in [0.25, 0.3) is 0 Å². The summed E-state index contributed by atoms with van der Waals surface area (Å²) in [6, 6.07) is 4.22. The number of carbonyl (C=O) groups is 1. The van der Waals surface area contributed by atoms with Crippen LogP contribution < -0.4 is 4.74 Å². The van der Waals surface area contributed by atoms with E-state index in [1.165, 1.54) is 12.1 Å². The minimum absolute atomic E-state index is 0.0195. The summed E-state index contributed by atoms with van der Waals surface area (Å²) in [5, 5.41) is 41.4. The Labute approximate surface area is 183 Å². The third-order valence-electron chi connectivity index (χ3n) is 5.90. The van der Waals surface area contributed by atoms with Gasteiger partial charge in [-0.15, -0.1) is 0 Å². The molecule has 0 aromatic heterocycles. The SMILES string of the molecule is CC(C)CCc1c(O)c(CCC(C)C)c2c(c1O)C(=O)C(c1ccc(O)c(O)c1)CO2. The number of phenolic OH excluding ortho intramolecular Hbond substituents is 4. The van der Waals surface area contributed by atoms with E-state index >= 15 is 0 Å². The Hall–Kier alpha value is -2.89. The molecule has 1 aliphatic rings. The molecule has 31 heavy (non-hydrogen) atoms. The normalized spacial score (nSPS) is 15.9. The highest BCUT2D eigenvalue weighted by atomic mass is 16.5. The largest absolute Gasteiger partial charge is 0.507 e. The van der Waals surface area contributed by atoms with Crippen molar-refractivity contribution in [2.45, 2.75) is 59.3 Å². The van der Waals surface area contributed by atoms with E-state index in [1.54, 1.807) is 6.07 Å². The van der Waals surface area contributed by atoms with Gasteiger partial charge >= 0.3 is 0 Å². The summed E-state index contributed by atoms with van der Waals surface area (Å²) in [4.78, 5) is 13.5. The lowest BCUT2D eigenvalue weighted by Gasteiger charge is -2.29. The second-order valence-electron chi connectivity index (χ2n) is 9.20. The highest BCUT2D eigenvalue weighted by Crippen LogP contribution is 2.48. The van der Waals surface area contributed by atoms with Crippen LogP contribution in [-0.2, 0) is 12.8 Å². The first-order chi connectivity index (χ1) is 14.6. The molecule has 0 spiro atoms. The van der Waals surface area contributed by atoms with Gasteiger partial charge in [-0.05, 0) is 55.2 Å². The molecule has 168 valence electrons. The van der Waals surface area contributed by atoms with Crippen molar-refractivity contribution in [3.63, 3.8) is 0 Å². The minimum Gasteiger partial charge on any atom is -0.507 e. The first-order valence-electron chi connectivity index (χ1n) is 10.9. The van der Waals surface area contributed by atoms with Crippen LogP contribution in [0.4, 0.5) is 0 Å². The van der Waals surface area contributed by atoms with E-state index in [9.17, 15) is 25.2 Å². The Morgan fingerprint density at radius 1 is 0.903 bits per heavy atom. The summed E-state index contributed by atoms with van der Waals surface area (Å²) in [6.45, 7) is 8.32. The molecule has 0 amide bonds. The van der Waals surface area contributed by atoms with E-state index < -0.39 is 5.92 Å². The highest BCUT2D eigenvalue weighted by Gasteiger charge is 2.37. The van der Waals surface area contributed by atoms with Gasteiger partial charge in [0.25, 0.3) is 0 Å². The molecule has 1 aliphatic heterocycles. The zero-order valence-electron chi connectivity index (χ0n) is 18.6. The van der Waals surface area contributed by atoms with E-state index in [0.717, 1.165) is 12.8 Å². The summed E-state index contributed by atoms with van der Waals surface area (Å²) in [5.74, 6) is -0.817. The van der Waals surface area contributed by atoms with Crippen molar-refractivity contribution < 1.29 is 30.0 Å². The second-order valence-corrected chi connectivity index (χ2v) is 9.20. The fraction of sp³-hybridized carbons (Fsp3) is 0.480. The molecule has 2 aromatic carbocycles. The summed E-state index contributed by atoms with van der Waals surface area (Å²) in [5.41, 5.74) is 1.54. The predicted molar refractivity (Wildman–Crippen MR) is 118 cm³/mol. The maximum atomic E-state index is 13.5. The molecule has 0 radical (unpaired) electrons. The fourth-order valence-corrected chi connectivity index (χ4v) is 3.96. The van der Waals surface area contributed by atoms with Crippen LogP contribution >= 0.6 is 0 Å². The van der Waals surface area contributed by atoms with Crippen molar-refractivity contribution in [3.8, 4) is 28.7 Å². The Balaban J connectivity index is 2.10. The summed E-state index contributed by atoms with van der Waals surface area (Å²) in [7, 11) is 0. The van der Waals surface area contributed by atoms with E-state index in [4.69, 9.17) is 4.74 Å². The van der Waals surface area contributed by atoms with Crippen LogP contribution in [0.1, 0.15) is 73.5 Å². The summed E-state index contributed by atoms with van der Waals surface area (Å²) in [6.07, 6.45) is 2.56. The molecular formula is C25H32O6. The molecule has 0 bridgehead atoms. The van der Waals surface area contributed by atoms with E-state index in [1.807, 2.05) is 0 Å². The number of ketones is 1. The number of aromatic hydroxyl groups is 4. The van der Waals surface area contributed by atoms with Gasteiger partial charge in [0.2, 0.25) is 0 Å². The number of carbonyl (C=O) groups excluding carboxylic acids is 1. The van der Waals surface area contributed by atoms with Gasteiger partial charge in [-0.25, -0.2) is 0 Å². The van der Waals surface area contributed by atoms with Crippen LogP contribution in [0.2, 0.25) is 0 Å². The van der Waals surface area contributed by atoms with E-state index in [-0.39, 0.29) is 46.7 Å². The van der Waals surface area contributed by atoms with Gasteiger partial charge in [0, 0.05) is 11.1 Å². The molecule has 2 aromatic rings. The molecule has 6 heteroatoms. The zero-order chi connectivity index (χ0) is 22.9. The Kier molecular flexibility index (Phi) is 6.68. The monoisotopic (exact) mass is 428 g/mol. The van der Waals surface area contributed by atoms with Crippen LogP contribution in [0.3, 0.4) is 0 Å². The lowest BCUT2D eigenvalue weighted by molar-refractivity contribution is 0.0890. The summed E-state index contributed by atoms with van der Waals surface area (Å²) >= 11 is 0. The van der Waals surface area contributed by atoms with Crippen molar-refractivity contribution in [3.05, 3.63) is 40.5 Å². The second kappa shape index (κ2) is 9.08. The van der Waals surface area contributed by atoms with Crippen molar-refractivity contribution in [1.29, 1.82) is 0 Å². The van der Waals surface area contributed by atoms with E-state index in [2.05, 4.69) is 27.7 Å². The third kappa shape index (κ3) is 4.58. The molecule has 3 rings (SSSR count). The van der Waals surface area contributed by atoms with Crippen LogP contribution in [0.5, 0.6) is 28.7 Å². The Bertz CT molecular complexity index is 977. The first-order valence-corrected chi connectivity index (χ1v) is 10.9. The maximum Gasteiger partial charge on any atom is 0.181 e. The lowest BCUT2D eigenvalue weighted by atomic mass is 9.84. The summed E-state index contributed by atoms with van der Waals surface area (Å²) < 4.78 is 5.95. The van der Waals surface area contributed by atoms with Crippen LogP contribution in [0, 0.1) is 11.8 Å². The Morgan fingerprint density at radius 2 is 1.52 bits per heavy atom. The number of rotatable bonds is 7. The van der Waals surface area contributed by atoms with Crippen molar-refractivity contribution in [2.75, 3.05) is 6.61 Å². The van der Waals surface area contributed by atoms with Crippen LogP contribution in [-0.4, -0.2) is 32.8 Å². The number of phenols is 4. The topological polar surface area (TPSA) is 107 Å². The van der Waals surface area contributed by atoms with Gasteiger partial charge in [0.15, 0.2) is 17.3 Å². The van der Waals surface area contributed by atoms with Gasteiger partial charge in [0.05, 0.1) is 5.92 Å². The number of fused-ring (bicyclic) bond motifs is 1. The third-order valence-corrected chi connectivity index (χ3v) is 5.90. The highest BCUT2D eigenvalue weighted by molar-refractivity contribution is 6.07. The quantitative estimate of drug-likeness (QED) is 0.460. The lowest BCUT2D eigenvalue weighted by Crippen LogP contribution is -2.27. The van der Waals surface area contributed by atoms with Gasteiger partial charge < -0.3 is 25.2 Å². The smallest absolute Gasteiger partial charge is 0.181 e. The average molecular weight is 429 g/mol. The number of hydrogen-bond acceptors (Lipinski definition) is 6. The minimum atomic E-state index is -0.731. The molecule has 1 unspecified atom stereocenters. The van der Waals surface area contributed by atoms with Crippen LogP contribution in [0.15, 0.2) is 18.2 Å². The molecule has 0 aliphatic carbocycles. The van der Waals surface area contributed by atoms with E-state index in [0.29, 0.717) is 41.4 Å². The number of ether oxygens (including phenoxy) is 1. The number of benzene rings is 2. The van der Waals surface area contributed by atoms with Crippen molar-refractivity contribution in [1.82, 2.24) is 0 Å². The van der Waals surface area contributed by atoms with Crippen molar-refractivity contribution in [2.24, 2.45) is 11.8 Å². The first kappa shape index (κ1) is 22.8. The molecule has 0 saturated carbocycles. The molecule has 1 heterocycles. The molecule has 0 saturated heterocycles. The van der Waals surface area contributed by atoms with Gasteiger partial charge in [0.1, 0.15) is 29.4 Å². The molecular weight excluding hydrogens is 396 g/mol. The maximum absolute atomic E-state index is 13.5. The Morgan fingerprint density at radius 3 is 2.10 bits per heavy atom. The molecule has 4 N–H and O–H groups in total. The fourth-order valence-electron chi connectivity index (χ4n) is 3.96. The molecule has 1 atom stereocenters. The number of Topliss-reactive ketones (excluding diaryl/α,β-unsaturated/α-hetero) is 1. The number of hydrogen-bond donors (Lipinski definition) is 4. The zero-order valence-corrected chi connectivity index (χ0v) is 18.6. The average Bonchev–Trinajstić information content (AvgIpc) is 2.69. The molecule has 6 nitrogen and oxygen atoms in total. The van der Waals surface area contributed by atoms with Gasteiger partial charge in [-0.3, -0.25) is 4.79 Å². The molecule has 0 fully saturated rings. The van der Waals surface area contributed by atoms with Gasteiger partial charge in [-0.2, -0.15) is 0 Å². The van der Waals surface area contributed by atoms with Crippen molar-refractivity contribution >= 4 is 5.78 Å².